The standard InChI is InChI=1S/C26H21N7O/c1-33-15-19(13-30-33)17-8-9-21-22(11-17)23-24(18(12-28-26(23)34)7-6-16-4-5-16)31-25(21)27-14-20-3-2-10-29-32-20/h2-3,8-13,15-16H,4-5,14H2,1H3,(H,27,31)(H,28,34). The Morgan fingerprint density at radius 3 is 2.88 bits per heavy atom. The first-order chi connectivity index (χ1) is 16.7. The van der Waals surface area contributed by atoms with Gasteiger partial charge in [-0.2, -0.15) is 15.3 Å². The van der Waals surface area contributed by atoms with E-state index in [0.29, 0.717) is 29.2 Å². The third kappa shape index (κ3) is 3.77. The van der Waals surface area contributed by atoms with Crippen LogP contribution in [-0.4, -0.2) is 29.9 Å². The van der Waals surface area contributed by atoms with Crippen molar-refractivity contribution >= 4 is 27.5 Å². The van der Waals surface area contributed by atoms with Gasteiger partial charge in [-0.05, 0) is 36.6 Å². The van der Waals surface area contributed by atoms with E-state index in [1.807, 2.05) is 49.8 Å². The molecule has 2 N–H and O–H groups in total. The van der Waals surface area contributed by atoms with Crippen molar-refractivity contribution in [2.45, 2.75) is 19.4 Å². The van der Waals surface area contributed by atoms with Gasteiger partial charge in [0.1, 0.15) is 5.82 Å². The van der Waals surface area contributed by atoms with Gasteiger partial charge in [0, 0.05) is 47.9 Å². The monoisotopic (exact) mass is 447 g/mol. The van der Waals surface area contributed by atoms with Gasteiger partial charge in [0.2, 0.25) is 0 Å². The van der Waals surface area contributed by atoms with Crippen LogP contribution >= 0.6 is 0 Å². The number of H-pyrrole nitrogens is 1. The Morgan fingerprint density at radius 1 is 1.21 bits per heavy atom. The molecule has 0 amide bonds. The molecule has 8 nitrogen and oxygen atoms in total. The Kier molecular flexibility index (Phi) is 4.81. The number of nitrogens with one attached hydrogen (secondary N) is 2. The SMILES string of the molecule is Cn1cc(-c2ccc3c(NCc4cccnn4)nc4c(C#CC5CC5)c[nH]c(=O)c4c3c2)cn1. The fourth-order valence-electron chi connectivity index (χ4n) is 4.01. The number of anilines is 1. The van der Waals surface area contributed by atoms with E-state index in [2.05, 4.69) is 37.4 Å². The highest BCUT2D eigenvalue weighted by Crippen LogP contribution is 2.33. The number of hydrogen-bond acceptors (Lipinski definition) is 6. The first-order valence-corrected chi connectivity index (χ1v) is 11.2. The predicted molar refractivity (Wildman–Crippen MR) is 131 cm³/mol. The highest BCUT2D eigenvalue weighted by molar-refractivity contribution is 6.12. The van der Waals surface area contributed by atoms with Crippen LogP contribution in [0.4, 0.5) is 5.82 Å². The Morgan fingerprint density at radius 2 is 2.12 bits per heavy atom. The molecular formula is C26H21N7O. The Bertz CT molecular complexity index is 1650. The van der Waals surface area contributed by atoms with E-state index >= 15 is 0 Å². The normalized spacial score (nSPS) is 13.1. The van der Waals surface area contributed by atoms with E-state index in [-0.39, 0.29) is 5.56 Å². The second-order valence-electron chi connectivity index (χ2n) is 8.49. The van der Waals surface area contributed by atoms with Crippen LogP contribution in [0.5, 0.6) is 0 Å². The number of benzene rings is 1. The summed E-state index contributed by atoms with van der Waals surface area (Å²) in [5, 5.41) is 18.0. The summed E-state index contributed by atoms with van der Waals surface area (Å²) in [6, 6.07) is 9.79. The van der Waals surface area contributed by atoms with Gasteiger partial charge < -0.3 is 10.3 Å². The Balaban J connectivity index is 1.57. The van der Waals surface area contributed by atoms with Crippen LogP contribution in [0.2, 0.25) is 0 Å². The van der Waals surface area contributed by atoms with E-state index in [1.165, 1.54) is 0 Å². The lowest BCUT2D eigenvalue weighted by Crippen LogP contribution is -2.11. The molecule has 0 aliphatic heterocycles. The molecule has 5 aromatic rings. The first-order valence-electron chi connectivity index (χ1n) is 11.2. The van der Waals surface area contributed by atoms with Crippen LogP contribution in [0, 0.1) is 17.8 Å². The number of rotatable bonds is 4. The van der Waals surface area contributed by atoms with Gasteiger partial charge in [0.25, 0.3) is 5.56 Å². The lowest BCUT2D eigenvalue weighted by atomic mass is 10.00. The minimum absolute atomic E-state index is 0.187. The number of aryl methyl sites for hydroxylation is 1. The Hall–Kier alpha value is -4.51. The maximum atomic E-state index is 13.0. The molecule has 6 rings (SSSR count). The molecule has 0 bridgehead atoms. The summed E-state index contributed by atoms with van der Waals surface area (Å²) >= 11 is 0. The number of fused-ring (bicyclic) bond motifs is 3. The van der Waals surface area contributed by atoms with Crippen molar-refractivity contribution in [2.24, 2.45) is 13.0 Å². The van der Waals surface area contributed by atoms with Gasteiger partial charge in [0.05, 0.1) is 34.9 Å². The van der Waals surface area contributed by atoms with Crippen molar-refractivity contribution in [2.75, 3.05) is 5.32 Å². The average Bonchev–Trinajstić information content (AvgIpc) is 3.60. The lowest BCUT2D eigenvalue weighted by Gasteiger charge is -2.13. The summed E-state index contributed by atoms with van der Waals surface area (Å²) in [5.74, 6) is 7.65. The number of aromatic amines is 1. The molecule has 1 aliphatic carbocycles. The fourth-order valence-corrected chi connectivity index (χ4v) is 4.01. The molecule has 0 radical (unpaired) electrons. The summed E-state index contributed by atoms with van der Waals surface area (Å²) in [6.07, 6.45) is 9.33. The van der Waals surface area contributed by atoms with E-state index in [9.17, 15) is 4.79 Å². The number of nitrogens with zero attached hydrogens (tertiary/aromatic N) is 5. The van der Waals surface area contributed by atoms with Gasteiger partial charge in [-0.25, -0.2) is 4.98 Å². The number of aromatic nitrogens is 6. The zero-order valence-corrected chi connectivity index (χ0v) is 18.5. The summed E-state index contributed by atoms with van der Waals surface area (Å²) in [5.41, 5.74) is 3.87. The predicted octanol–water partition coefficient (Wildman–Crippen LogP) is 3.64. The van der Waals surface area contributed by atoms with Gasteiger partial charge in [0.15, 0.2) is 0 Å². The molecule has 8 heteroatoms. The van der Waals surface area contributed by atoms with Crippen LogP contribution < -0.4 is 10.9 Å². The molecule has 0 atom stereocenters. The smallest absolute Gasteiger partial charge is 0.258 e. The maximum Gasteiger partial charge on any atom is 0.258 e. The molecule has 166 valence electrons. The molecule has 0 unspecified atom stereocenters. The molecule has 1 aliphatic rings. The molecule has 1 saturated carbocycles. The second-order valence-corrected chi connectivity index (χ2v) is 8.49. The molecule has 0 saturated heterocycles. The molecule has 0 spiro atoms. The highest BCUT2D eigenvalue weighted by Gasteiger charge is 2.19. The number of pyridine rings is 2. The van der Waals surface area contributed by atoms with Crippen LogP contribution in [0.1, 0.15) is 24.1 Å². The third-order valence-corrected chi connectivity index (χ3v) is 5.93. The average molecular weight is 448 g/mol. The van der Waals surface area contributed by atoms with E-state index in [1.54, 1.807) is 17.1 Å². The minimum Gasteiger partial charge on any atom is -0.364 e. The molecule has 34 heavy (non-hydrogen) atoms. The molecule has 4 heterocycles. The van der Waals surface area contributed by atoms with Crippen LogP contribution in [0.25, 0.3) is 32.8 Å². The Labute approximate surface area is 195 Å². The minimum atomic E-state index is -0.187. The highest BCUT2D eigenvalue weighted by atomic mass is 16.1. The molecule has 1 aromatic carbocycles. The summed E-state index contributed by atoms with van der Waals surface area (Å²) < 4.78 is 1.76. The van der Waals surface area contributed by atoms with Gasteiger partial charge in [-0.15, -0.1) is 0 Å². The summed E-state index contributed by atoms with van der Waals surface area (Å²) in [4.78, 5) is 20.8. The van der Waals surface area contributed by atoms with Crippen molar-refractivity contribution in [3.05, 3.63) is 76.7 Å². The molecule has 1 fully saturated rings. The van der Waals surface area contributed by atoms with Crippen molar-refractivity contribution < 1.29 is 0 Å². The topological polar surface area (TPSA) is 101 Å². The fraction of sp³-hybridized carbons (Fsp3) is 0.192. The van der Waals surface area contributed by atoms with Crippen molar-refractivity contribution in [3.63, 3.8) is 0 Å². The van der Waals surface area contributed by atoms with Crippen LogP contribution in [0.15, 0.2) is 59.9 Å². The zero-order valence-electron chi connectivity index (χ0n) is 18.5. The van der Waals surface area contributed by atoms with Gasteiger partial charge in [-0.3, -0.25) is 9.48 Å². The maximum absolute atomic E-state index is 13.0. The zero-order chi connectivity index (χ0) is 23.1. The van der Waals surface area contributed by atoms with Crippen LogP contribution in [-0.2, 0) is 13.6 Å². The van der Waals surface area contributed by atoms with E-state index < -0.39 is 0 Å². The summed E-state index contributed by atoms with van der Waals surface area (Å²) in [6.45, 7) is 0.456. The van der Waals surface area contributed by atoms with Gasteiger partial charge >= 0.3 is 0 Å². The summed E-state index contributed by atoms with van der Waals surface area (Å²) in [7, 11) is 1.88. The van der Waals surface area contributed by atoms with Crippen molar-refractivity contribution in [1.29, 1.82) is 0 Å². The van der Waals surface area contributed by atoms with Crippen molar-refractivity contribution in [3.8, 4) is 23.0 Å². The second kappa shape index (κ2) is 8.12. The van der Waals surface area contributed by atoms with Crippen LogP contribution in [0.3, 0.4) is 0 Å². The number of hydrogen-bond donors (Lipinski definition) is 2. The molecule has 4 aromatic heterocycles. The van der Waals surface area contributed by atoms with E-state index in [4.69, 9.17) is 4.98 Å². The largest absolute Gasteiger partial charge is 0.364 e. The van der Waals surface area contributed by atoms with E-state index in [0.717, 1.165) is 46.0 Å². The quantitative estimate of drug-likeness (QED) is 0.322. The first kappa shape index (κ1) is 20.1. The van der Waals surface area contributed by atoms with Gasteiger partial charge in [-0.1, -0.05) is 24.0 Å². The van der Waals surface area contributed by atoms with Crippen molar-refractivity contribution in [1.82, 2.24) is 29.9 Å². The third-order valence-electron chi connectivity index (χ3n) is 5.93. The molecular weight excluding hydrogens is 426 g/mol. The lowest BCUT2D eigenvalue weighted by molar-refractivity contribution is 0.768.